The van der Waals surface area contributed by atoms with Crippen LogP contribution in [0, 0.1) is 0 Å². The Hall–Kier alpha value is -0.193. The molecule has 1 aromatic rings. The molecule has 0 saturated heterocycles. The van der Waals surface area contributed by atoms with Crippen molar-refractivity contribution in [3.63, 3.8) is 0 Å². The molecule has 118 valence electrons. The summed E-state index contributed by atoms with van der Waals surface area (Å²) in [4.78, 5) is 4.56. The molecule has 0 amide bonds. The van der Waals surface area contributed by atoms with Gasteiger partial charge in [-0.05, 0) is 71.9 Å². The van der Waals surface area contributed by atoms with E-state index in [-0.39, 0.29) is 0 Å². The lowest BCUT2D eigenvalue weighted by molar-refractivity contribution is 0.129. The number of nitrogens with zero attached hydrogens (tertiary/aromatic N) is 1. The molecule has 1 saturated carbocycles. The third-order valence-corrected chi connectivity index (χ3v) is 10.1. The first-order chi connectivity index (χ1) is 9.69. The van der Waals surface area contributed by atoms with E-state index in [0.29, 0.717) is 17.1 Å². The van der Waals surface area contributed by atoms with Gasteiger partial charge in [-0.1, -0.05) is 20.8 Å². The van der Waals surface area contributed by atoms with E-state index in [1.807, 2.05) is 6.20 Å². The second-order valence-corrected chi connectivity index (χ2v) is 13.4. The van der Waals surface area contributed by atoms with Crippen molar-refractivity contribution < 1.29 is 4.43 Å². The van der Waals surface area contributed by atoms with E-state index in [4.69, 9.17) is 4.43 Å². The van der Waals surface area contributed by atoms with Gasteiger partial charge in [0.05, 0.1) is 0 Å². The first-order valence-corrected chi connectivity index (χ1v) is 11.7. The van der Waals surface area contributed by atoms with Crippen LogP contribution < -0.4 is 0 Å². The second-order valence-electron chi connectivity index (χ2n) is 7.75. The number of pyridine rings is 1. The van der Waals surface area contributed by atoms with Crippen LogP contribution in [0.5, 0.6) is 0 Å². The third-order valence-electron chi connectivity index (χ3n) is 5.11. The van der Waals surface area contributed by atoms with Gasteiger partial charge in [-0.2, -0.15) is 0 Å². The van der Waals surface area contributed by atoms with Crippen molar-refractivity contribution in [1.82, 2.24) is 4.98 Å². The standard InChI is InChI=1S/C17H28BrNOSi/c1-17(2,3)21(4,5)20-15-9-6-13(7-10-15)16-11-8-14(18)12-19-16/h8,11-13,15H,6-7,9-10H2,1-5H3. The summed E-state index contributed by atoms with van der Waals surface area (Å²) in [5.74, 6) is 0.609. The summed E-state index contributed by atoms with van der Waals surface area (Å²) < 4.78 is 7.61. The van der Waals surface area contributed by atoms with Crippen LogP contribution in [0.25, 0.3) is 0 Å². The Labute approximate surface area is 139 Å². The predicted molar refractivity (Wildman–Crippen MR) is 95.2 cm³/mol. The fourth-order valence-corrected chi connectivity index (χ4v) is 4.36. The van der Waals surface area contributed by atoms with Crippen molar-refractivity contribution in [1.29, 1.82) is 0 Å². The lowest BCUT2D eigenvalue weighted by Gasteiger charge is -2.41. The molecule has 1 heterocycles. The minimum Gasteiger partial charge on any atom is -0.414 e. The molecule has 2 rings (SSSR count). The summed E-state index contributed by atoms with van der Waals surface area (Å²) >= 11 is 3.45. The zero-order valence-corrected chi connectivity index (χ0v) is 16.5. The molecule has 0 radical (unpaired) electrons. The van der Waals surface area contributed by atoms with Gasteiger partial charge in [0, 0.05) is 28.4 Å². The van der Waals surface area contributed by atoms with Crippen molar-refractivity contribution >= 4 is 24.2 Å². The monoisotopic (exact) mass is 369 g/mol. The molecular formula is C17H28BrNOSi. The number of halogens is 1. The van der Waals surface area contributed by atoms with Crippen LogP contribution in [0.4, 0.5) is 0 Å². The number of rotatable bonds is 3. The Morgan fingerprint density at radius 3 is 2.24 bits per heavy atom. The third kappa shape index (κ3) is 4.39. The Bertz CT molecular complexity index is 459. The quantitative estimate of drug-likeness (QED) is 0.619. The molecule has 0 unspecified atom stereocenters. The fraction of sp³-hybridized carbons (Fsp3) is 0.706. The van der Waals surface area contributed by atoms with Gasteiger partial charge in [-0.25, -0.2) is 0 Å². The minimum absolute atomic E-state index is 0.303. The summed E-state index contributed by atoms with van der Waals surface area (Å²) in [6.45, 7) is 11.7. The molecule has 0 bridgehead atoms. The lowest BCUT2D eigenvalue weighted by atomic mass is 9.85. The molecule has 1 aliphatic carbocycles. The summed E-state index contributed by atoms with van der Waals surface area (Å²) in [5, 5.41) is 0.303. The Morgan fingerprint density at radius 1 is 1.14 bits per heavy atom. The average Bonchev–Trinajstić information content (AvgIpc) is 2.39. The van der Waals surface area contributed by atoms with Crippen LogP contribution in [0.3, 0.4) is 0 Å². The highest BCUT2D eigenvalue weighted by atomic mass is 79.9. The van der Waals surface area contributed by atoms with Gasteiger partial charge < -0.3 is 4.43 Å². The fourth-order valence-electron chi connectivity index (χ4n) is 2.70. The summed E-state index contributed by atoms with van der Waals surface area (Å²) in [6.07, 6.45) is 7.12. The van der Waals surface area contributed by atoms with Crippen LogP contribution in [0.1, 0.15) is 58.1 Å². The van der Waals surface area contributed by atoms with Crippen molar-refractivity contribution in [2.75, 3.05) is 0 Å². The van der Waals surface area contributed by atoms with Crippen LogP contribution in [-0.2, 0) is 4.43 Å². The van der Waals surface area contributed by atoms with Crippen LogP contribution in [0.15, 0.2) is 22.8 Å². The number of hydrogen-bond acceptors (Lipinski definition) is 2. The summed E-state index contributed by atoms with van der Waals surface area (Å²) in [6, 6.07) is 4.25. The van der Waals surface area contributed by atoms with Crippen molar-refractivity contribution in [2.45, 2.75) is 76.6 Å². The van der Waals surface area contributed by atoms with Gasteiger partial charge in [0.15, 0.2) is 8.32 Å². The molecule has 1 aromatic heterocycles. The predicted octanol–water partition coefficient (Wildman–Crippen LogP) is 5.89. The minimum atomic E-state index is -1.62. The van der Waals surface area contributed by atoms with E-state index in [1.54, 1.807) is 0 Å². The van der Waals surface area contributed by atoms with Gasteiger partial charge in [-0.3, -0.25) is 4.98 Å². The smallest absolute Gasteiger partial charge is 0.192 e. The lowest BCUT2D eigenvalue weighted by Crippen LogP contribution is -2.44. The number of hydrogen-bond donors (Lipinski definition) is 0. The summed E-state index contributed by atoms with van der Waals surface area (Å²) in [5.41, 5.74) is 1.24. The Kier molecular flexibility index (Phi) is 5.32. The largest absolute Gasteiger partial charge is 0.414 e. The second kappa shape index (κ2) is 6.51. The molecule has 0 N–H and O–H groups in total. The maximum absolute atomic E-state index is 6.56. The van der Waals surface area contributed by atoms with E-state index in [2.05, 4.69) is 66.9 Å². The molecular weight excluding hydrogens is 342 g/mol. The van der Waals surface area contributed by atoms with E-state index >= 15 is 0 Å². The first kappa shape index (κ1) is 17.2. The van der Waals surface area contributed by atoms with Gasteiger partial charge in [0.25, 0.3) is 0 Å². The van der Waals surface area contributed by atoms with Gasteiger partial charge >= 0.3 is 0 Å². The van der Waals surface area contributed by atoms with Crippen LogP contribution in [-0.4, -0.2) is 19.4 Å². The highest BCUT2D eigenvalue weighted by molar-refractivity contribution is 9.10. The molecule has 4 heteroatoms. The maximum Gasteiger partial charge on any atom is 0.192 e. The van der Waals surface area contributed by atoms with E-state index in [9.17, 15) is 0 Å². The highest BCUT2D eigenvalue weighted by Crippen LogP contribution is 2.40. The zero-order chi connectivity index (χ0) is 15.7. The normalized spacial score (nSPS) is 24.1. The number of aromatic nitrogens is 1. The van der Waals surface area contributed by atoms with Crippen LogP contribution >= 0.6 is 15.9 Å². The SMILES string of the molecule is CC(C)(C)[Si](C)(C)OC1CCC(c2ccc(Br)cn2)CC1. The molecule has 0 aromatic carbocycles. The molecule has 0 spiro atoms. The molecule has 1 fully saturated rings. The van der Waals surface area contributed by atoms with Crippen molar-refractivity contribution in [2.24, 2.45) is 0 Å². The van der Waals surface area contributed by atoms with Gasteiger partial charge in [0.1, 0.15) is 0 Å². The van der Waals surface area contributed by atoms with Crippen molar-refractivity contribution in [3.05, 3.63) is 28.5 Å². The molecule has 21 heavy (non-hydrogen) atoms. The highest BCUT2D eigenvalue weighted by Gasteiger charge is 2.39. The molecule has 2 nitrogen and oxygen atoms in total. The Balaban J connectivity index is 1.90. The Morgan fingerprint density at radius 2 is 1.76 bits per heavy atom. The average molecular weight is 370 g/mol. The maximum atomic E-state index is 6.56. The van der Waals surface area contributed by atoms with Crippen molar-refractivity contribution in [3.8, 4) is 0 Å². The topological polar surface area (TPSA) is 22.1 Å². The molecule has 0 atom stereocenters. The van der Waals surface area contributed by atoms with Gasteiger partial charge in [-0.15, -0.1) is 0 Å². The van der Waals surface area contributed by atoms with Gasteiger partial charge in [0.2, 0.25) is 0 Å². The zero-order valence-electron chi connectivity index (χ0n) is 13.9. The van der Waals surface area contributed by atoms with E-state index in [1.165, 1.54) is 31.4 Å². The van der Waals surface area contributed by atoms with Crippen LogP contribution in [0.2, 0.25) is 18.1 Å². The molecule has 0 aliphatic heterocycles. The summed E-state index contributed by atoms with van der Waals surface area (Å²) in [7, 11) is -1.62. The first-order valence-electron chi connectivity index (χ1n) is 7.98. The van der Waals surface area contributed by atoms with E-state index in [0.717, 1.165) is 4.47 Å². The molecule has 1 aliphatic rings. The van der Waals surface area contributed by atoms with E-state index < -0.39 is 8.32 Å².